The lowest BCUT2D eigenvalue weighted by Crippen LogP contribution is -2.36. The van der Waals surface area contributed by atoms with Crippen LogP contribution in [0.3, 0.4) is 0 Å². The van der Waals surface area contributed by atoms with Crippen molar-refractivity contribution in [3.05, 3.63) is 23.8 Å². The molecule has 1 N–H and O–H groups in total. The van der Waals surface area contributed by atoms with E-state index >= 15 is 0 Å². The quantitative estimate of drug-likeness (QED) is 0.804. The molecule has 0 aromatic heterocycles. The number of nitrogens with zero attached hydrogens (tertiary/aromatic N) is 1. The molecule has 1 aromatic carbocycles. The zero-order valence-electron chi connectivity index (χ0n) is 8.47. The molecule has 0 fully saturated rings. The van der Waals surface area contributed by atoms with Crippen molar-refractivity contribution < 1.29 is 19.4 Å². The van der Waals surface area contributed by atoms with E-state index in [9.17, 15) is 9.59 Å². The van der Waals surface area contributed by atoms with Crippen LogP contribution in [0.1, 0.15) is 10.4 Å². The summed E-state index contributed by atoms with van der Waals surface area (Å²) >= 11 is 0. The van der Waals surface area contributed by atoms with Crippen molar-refractivity contribution >= 4 is 30.0 Å². The first kappa shape index (κ1) is 12.3. The van der Waals surface area contributed by atoms with Crippen LogP contribution in [-0.4, -0.2) is 30.6 Å². The summed E-state index contributed by atoms with van der Waals surface area (Å²) in [6.07, 6.45) is 0. The van der Waals surface area contributed by atoms with Crippen molar-refractivity contribution in [1.82, 2.24) is 0 Å². The number of carboxylic acids is 1. The molecule has 1 aliphatic rings. The van der Waals surface area contributed by atoms with Gasteiger partial charge in [-0.2, -0.15) is 0 Å². The van der Waals surface area contributed by atoms with E-state index in [1.807, 2.05) is 0 Å². The molecule has 1 amide bonds. The Morgan fingerprint density at radius 2 is 2.19 bits per heavy atom. The minimum absolute atomic E-state index is 0. The minimum atomic E-state index is -1.06. The van der Waals surface area contributed by atoms with E-state index in [4.69, 9.17) is 9.84 Å². The topological polar surface area (TPSA) is 66.8 Å². The molecule has 5 nitrogen and oxygen atoms in total. The molecule has 16 heavy (non-hydrogen) atoms. The Bertz CT molecular complexity index is 446. The van der Waals surface area contributed by atoms with Crippen LogP contribution < -0.4 is 9.64 Å². The van der Waals surface area contributed by atoms with Crippen molar-refractivity contribution in [2.75, 3.05) is 18.6 Å². The number of anilines is 1. The Morgan fingerprint density at radius 3 is 2.81 bits per heavy atom. The smallest absolute Gasteiger partial charge is 0.339 e. The van der Waals surface area contributed by atoms with Gasteiger partial charge in [-0.3, -0.25) is 4.79 Å². The average Bonchev–Trinajstić information content (AvgIpc) is 2.23. The number of ether oxygens (including phenoxy) is 1. The van der Waals surface area contributed by atoms with E-state index < -0.39 is 5.97 Å². The van der Waals surface area contributed by atoms with Crippen LogP contribution in [0.4, 0.5) is 5.69 Å². The maximum Gasteiger partial charge on any atom is 0.339 e. The van der Waals surface area contributed by atoms with E-state index in [-0.39, 0.29) is 36.2 Å². The van der Waals surface area contributed by atoms with E-state index in [1.165, 1.54) is 11.0 Å². The van der Waals surface area contributed by atoms with E-state index in [0.29, 0.717) is 5.69 Å². The Balaban J connectivity index is 0.00000128. The van der Waals surface area contributed by atoms with Gasteiger partial charge in [-0.25, -0.2) is 4.79 Å². The molecule has 0 saturated heterocycles. The molecule has 1 aromatic rings. The molecule has 0 unspecified atom stereocenters. The largest absolute Gasteiger partial charge is 0.481 e. The van der Waals surface area contributed by atoms with Crippen molar-refractivity contribution in [2.24, 2.45) is 0 Å². The minimum Gasteiger partial charge on any atom is -0.481 e. The zero-order valence-corrected chi connectivity index (χ0v) is 9.28. The van der Waals surface area contributed by atoms with Gasteiger partial charge in [-0.1, -0.05) is 6.07 Å². The first-order valence-electron chi connectivity index (χ1n) is 4.37. The standard InChI is InChI=1S/C10H9NO4.ClH/c1-11-7-4-2-3-6(10(13)14)9(7)15-5-8(11)12;/h2-4H,5H2,1H3,(H,13,14);1H. The summed E-state index contributed by atoms with van der Waals surface area (Å²) in [7, 11) is 1.59. The van der Waals surface area contributed by atoms with Gasteiger partial charge in [0.2, 0.25) is 0 Å². The summed E-state index contributed by atoms with van der Waals surface area (Å²) < 4.78 is 5.13. The van der Waals surface area contributed by atoms with Gasteiger partial charge < -0.3 is 14.7 Å². The fraction of sp³-hybridized carbons (Fsp3) is 0.200. The highest BCUT2D eigenvalue weighted by molar-refractivity contribution is 6.01. The molecule has 6 heteroatoms. The number of para-hydroxylation sites is 1. The predicted molar refractivity (Wildman–Crippen MR) is 59.6 cm³/mol. The Hall–Kier alpha value is -1.75. The number of hydrogen-bond donors (Lipinski definition) is 1. The highest BCUT2D eigenvalue weighted by atomic mass is 35.5. The second kappa shape index (κ2) is 4.40. The highest BCUT2D eigenvalue weighted by Crippen LogP contribution is 2.34. The predicted octanol–water partition coefficient (Wildman–Crippen LogP) is 1.16. The van der Waals surface area contributed by atoms with Crippen molar-refractivity contribution in [3.63, 3.8) is 0 Å². The number of carboxylic acid groups (broad SMARTS) is 1. The first-order chi connectivity index (χ1) is 7.11. The number of carbonyl (C=O) groups excluding carboxylic acids is 1. The van der Waals surface area contributed by atoms with Gasteiger partial charge in [-0.05, 0) is 12.1 Å². The summed E-state index contributed by atoms with van der Waals surface area (Å²) in [5.41, 5.74) is 0.568. The molecule has 2 rings (SSSR count). The van der Waals surface area contributed by atoms with Crippen molar-refractivity contribution in [1.29, 1.82) is 0 Å². The van der Waals surface area contributed by atoms with E-state index in [1.54, 1.807) is 19.2 Å². The zero-order chi connectivity index (χ0) is 11.0. The third-order valence-electron chi connectivity index (χ3n) is 2.30. The Kier molecular flexibility index (Phi) is 3.39. The van der Waals surface area contributed by atoms with Gasteiger partial charge in [0.05, 0.1) is 5.69 Å². The molecule has 0 bridgehead atoms. The molecular formula is C10H10ClNO4. The SMILES string of the molecule is CN1C(=O)COc2c(C(=O)O)cccc21.Cl. The van der Waals surface area contributed by atoms with Gasteiger partial charge >= 0.3 is 5.97 Å². The molecule has 0 spiro atoms. The summed E-state index contributed by atoms with van der Waals surface area (Å²) in [5, 5.41) is 8.91. The molecule has 0 aliphatic carbocycles. The Morgan fingerprint density at radius 1 is 1.50 bits per heavy atom. The fourth-order valence-corrected chi connectivity index (χ4v) is 1.47. The Labute approximate surface area is 98.0 Å². The summed E-state index contributed by atoms with van der Waals surface area (Å²) in [5.74, 6) is -0.994. The molecule has 0 saturated carbocycles. The number of aromatic carboxylic acids is 1. The lowest BCUT2D eigenvalue weighted by molar-refractivity contribution is -0.121. The average molecular weight is 244 g/mol. The molecule has 0 atom stereocenters. The van der Waals surface area contributed by atoms with Crippen LogP contribution in [0, 0.1) is 0 Å². The van der Waals surface area contributed by atoms with Crippen LogP contribution in [0.5, 0.6) is 5.75 Å². The monoisotopic (exact) mass is 243 g/mol. The number of benzene rings is 1. The first-order valence-corrected chi connectivity index (χ1v) is 4.37. The van der Waals surface area contributed by atoms with Gasteiger partial charge in [0.1, 0.15) is 5.56 Å². The van der Waals surface area contributed by atoms with Crippen LogP contribution in [0.15, 0.2) is 18.2 Å². The molecule has 0 radical (unpaired) electrons. The van der Waals surface area contributed by atoms with Crippen molar-refractivity contribution in [3.8, 4) is 5.75 Å². The number of amides is 1. The number of likely N-dealkylation sites (N-methyl/N-ethyl adjacent to an activating group) is 1. The van der Waals surface area contributed by atoms with Gasteiger partial charge in [-0.15, -0.1) is 12.4 Å². The maximum absolute atomic E-state index is 11.3. The summed E-state index contributed by atoms with van der Waals surface area (Å²) in [4.78, 5) is 23.6. The number of rotatable bonds is 1. The fourth-order valence-electron chi connectivity index (χ4n) is 1.47. The van der Waals surface area contributed by atoms with Crippen LogP contribution in [0.25, 0.3) is 0 Å². The molecule has 86 valence electrons. The number of carbonyl (C=O) groups is 2. The highest BCUT2D eigenvalue weighted by Gasteiger charge is 2.26. The van der Waals surface area contributed by atoms with Crippen LogP contribution >= 0.6 is 12.4 Å². The summed E-state index contributed by atoms with van der Waals surface area (Å²) in [6, 6.07) is 4.68. The lowest BCUT2D eigenvalue weighted by Gasteiger charge is -2.26. The normalized spacial score (nSPS) is 13.6. The summed E-state index contributed by atoms with van der Waals surface area (Å²) in [6.45, 7) is -0.117. The molecule has 1 heterocycles. The van der Waals surface area contributed by atoms with Crippen LogP contribution in [-0.2, 0) is 4.79 Å². The second-order valence-corrected chi connectivity index (χ2v) is 3.20. The molecule has 1 aliphatic heterocycles. The number of fused-ring (bicyclic) bond motifs is 1. The molecular weight excluding hydrogens is 234 g/mol. The van der Waals surface area contributed by atoms with Crippen molar-refractivity contribution in [2.45, 2.75) is 0 Å². The van der Waals surface area contributed by atoms with Gasteiger partial charge in [0.25, 0.3) is 5.91 Å². The maximum atomic E-state index is 11.3. The third kappa shape index (κ3) is 1.81. The van der Waals surface area contributed by atoms with E-state index in [0.717, 1.165) is 0 Å². The second-order valence-electron chi connectivity index (χ2n) is 3.20. The third-order valence-corrected chi connectivity index (χ3v) is 2.30. The van der Waals surface area contributed by atoms with E-state index in [2.05, 4.69) is 0 Å². The van der Waals surface area contributed by atoms with Gasteiger partial charge in [0, 0.05) is 7.05 Å². The van der Waals surface area contributed by atoms with Gasteiger partial charge in [0.15, 0.2) is 12.4 Å². The number of hydrogen-bond acceptors (Lipinski definition) is 3. The lowest BCUT2D eigenvalue weighted by atomic mass is 10.1. The number of halogens is 1. The van der Waals surface area contributed by atoms with Crippen LogP contribution in [0.2, 0.25) is 0 Å².